The van der Waals surface area contributed by atoms with Gasteiger partial charge in [0, 0.05) is 38.0 Å². The summed E-state index contributed by atoms with van der Waals surface area (Å²) < 4.78 is 51.9. The van der Waals surface area contributed by atoms with Crippen molar-refractivity contribution in [1.29, 1.82) is 0 Å². The van der Waals surface area contributed by atoms with Crippen molar-refractivity contribution in [3.63, 3.8) is 0 Å². The molecule has 2 fully saturated rings. The number of aromatic nitrogens is 1. The van der Waals surface area contributed by atoms with Gasteiger partial charge in [0.1, 0.15) is 11.3 Å². The van der Waals surface area contributed by atoms with Gasteiger partial charge in [0.15, 0.2) is 0 Å². The third kappa shape index (κ3) is 6.48. The van der Waals surface area contributed by atoms with E-state index in [2.05, 4.69) is 4.98 Å². The Bertz CT molecular complexity index is 1480. The minimum Gasteiger partial charge on any atom is -0.481 e. The Morgan fingerprint density at radius 2 is 1.70 bits per heavy atom. The first-order chi connectivity index (χ1) is 20.7. The molecule has 4 N–H and O–H groups in total. The molecule has 0 spiro atoms. The lowest BCUT2D eigenvalue weighted by Crippen LogP contribution is -2.52. The number of ether oxygens (including phenoxy) is 2. The number of pyridine rings is 1. The highest BCUT2D eigenvalue weighted by molar-refractivity contribution is 6.05. The van der Waals surface area contributed by atoms with E-state index < -0.39 is 83.0 Å². The van der Waals surface area contributed by atoms with Crippen LogP contribution in [0.5, 0.6) is 5.75 Å². The van der Waals surface area contributed by atoms with Crippen molar-refractivity contribution < 1.29 is 56.8 Å². The lowest BCUT2D eigenvalue weighted by molar-refractivity contribution is -0.163. The van der Waals surface area contributed by atoms with Gasteiger partial charge in [-0.1, -0.05) is 0 Å². The summed E-state index contributed by atoms with van der Waals surface area (Å²) in [7, 11) is 0. The summed E-state index contributed by atoms with van der Waals surface area (Å²) in [5.41, 5.74) is 1.49. The molecule has 16 heteroatoms. The number of primary amides is 1. The molecule has 3 amide bonds. The summed E-state index contributed by atoms with van der Waals surface area (Å²) in [6.45, 7) is 1.94. The van der Waals surface area contributed by atoms with E-state index in [0.717, 1.165) is 6.07 Å². The van der Waals surface area contributed by atoms with Crippen LogP contribution in [0.25, 0.3) is 10.9 Å². The van der Waals surface area contributed by atoms with Crippen LogP contribution in [0.15, 0.2) is 18.2 Å². The number of carbonyl (C=O) groups is 5. The third-order valence-corrected chi connectivity index (χ3v) is 7.78. The molecule has 0 radical (unpaired) electrons. The molecule has 44 heavy (non-hydrogen) atoms. The number of nitrogens with zero attached hydrogens (tertiary/aromatic N) is 3. The zero-order valence-corrected chi connectivity index (χ0v) is 23.7. The standard InChI is InChI=1S/C28H31F3N4O9/c1-2-43-26(42)35-12-10-34(11-13-35)24(39)17(6-7-19(36)37)21-20(23(32)38)22(44-27(25(40)41)8-3-9-27)16-5-4-15(28(29,30)31)14-18(16)33-21/h4-5,14,17H,2-3,6-13H2,1H3,(H2,32,38)(H,36,37)(H,40,41). The van der Waals surface area contributed by atoms with E-state index in [0.29, 0.717) is 18.6 Å². The van der Waals surface area contributed by atoms with Gasteiger partial charge in [-0.3, -0.25) is 19.4 Å². The molecule has 1 aromatic carbocycles. The fraction of sp³-hybridized carbons (Fsp3) is 0.500. The van der Waals surface area contributed by atoms with Crippen molar-refractivity contribution in [2.45, 2.75) is 56.7 Å². The summed E-state index contributed by atoms with van der Waals surface area (Å²) in [5, 5.41) is 19.2. The summed E-state index contributed by atoms with van der Waals surface area (Å²) in [5.74, 6) is -6.52. The number of benzene rings is 1. The van der Waals surface area contributed by atoms with E-state index in [1.54, 1.807) is 6.92 Å². The number of hydrogen-bond acceptors (Lipinski definition) is 8. The quantitative estimate of drug-likeness (QED) is 0.354. The number of alkyl halides is 3. The molecule has 13 nitrogen and oxygen atoms in total. The van der Waals surface area contributed by atoms with E-state index in [-0.39, 0.29) is 56.5 Å². The van der Waals surface area contributed by atoms with Crippen molar-refractivity contribution in [2.75, 3.05) is 32.8 Å². The number of rotatable bonds is 10. The number of carbonyl (C=O) groups excluding carboxylic acids is 3. The van der Waals surface area contributed by atoms with Gasteiger partial charge in [0.05, 0.1) is 29.3 Å². The topological polar surface area (TPSA) is 190 Å². The average molecular weight is 625 g/mol. The van der Waals surface area contributed by atoms with Crippen LogP contribution in [-0.4, -0.2) is 93.2 Å². The van der Waals surface area contributed by atoms with Crippen molar-refractivity contribution in [1.82, 2.24) is 14.8 Å². The molecule has 1 atom stereocenters. The van der Waals surface area contributed by atoms with E-state index in [9.17, 15) is 47.4 Å². The van der Waals surface area contributed by atoms with Crippen molar-refractivity contribution in [3.05, 3.63) is 35.0 Å². The summed E-state index contributed by atoms with van der Waals surface area (Å²) >= 11 is 0. The van der Waals surface area contributed by atoms with Gasteiger partial charge in [0.2, 0.25) is 11.5 Å². The van der Waals surface area contributed by atoms with Crippen LogP contribution in [0.3, 0.4) is 0 Å². The summed E-state index contributed by atoms with van der Waals surface area (Å²) in [6, 6.07) is 2.36. The molecule has 1 aromatic heterocycles. The normalized spacial score (nSPS) is 17.0. The Morgan fingerprint density at radius 1 is 1.07 bits per heavy atom. The third-order valence-electron chi connectivity index (χ3n) is 7.78. The van der Waals surface area contributed by atoms with Crippen LogP contribution in [-0.2, 0) is 25.3 Å². The number of aliphatic carboxylic acids is 2. The Kier molecular flexibility index (Phi) is 9.20. The van der Waals surface area contributed by atoms with Crippen molar-refractivity contribution in [2.24, 2.45) is 5.73 Å². The second kappa shape index (κ2) is 12.5. The molecule has 1 aliphatic heterocycles. The Hall–Kier alpha value is -4.63. The summed E-state index contributed by atoms with van der Waals surface area (Å²) in [6.07, 6.45) is -5.86. The van der Waals surface area contributed by atoms with Gasteiger partial charge in [-0.15, -0.1) is 0 Å². The SMILES string of the molecule is CCOC(=O)N1CCN(C(=O)C(CCC(=O)O)c2nc3cc(C(F)(F)F)ccc3c(OC3(C(=O)O)CCC3)c2C(N)=O)CC1. The predicted molar refractivity (Wildman–Crippen MR) is 145 cm³/mol. The molecule has 2 heterocycles. The first-order valence-corrected chi connectivity index (χ1v) is 13.9. The lowest BCUT2D eigenvalue weighted by atomic mass is 9.80. The number of nitrogens with two attached hydrogens (primary N) is 1. The number of carboxylic acids is 2. The minimum atomic E-state index is -4.80. The number of halogens is 3. The summed E-state index contributed by atoms with van der Waals surface area (Å²) in [4.78, 5) is 69.7. The van der Waals surface area contributed by atoms with Gasteiger partial charge >= 0.3 is 24.2 Å². The Labute approximate surface area is 248 Å². The molecule has 1 aliphatic carbocycles. The van der Waals surface area contributed by atoms with E-state index in [1.807, 2.05) is 0 Å². The molecular weight excluding hydrogens is 593 g/mol. The number of hydrogen-bond donors (Lipinski definition) is 3. The van der Waals surface area contributed by atoms with Crippen molar-refractivity contribution >= 4 is 40.7 Å². The van der Waals surface area contributed by atoms with E-state index in [4.69, 9.17) is 15.2 Å². The second-order valence-electron chi connectivity index (χ2n) is 10.5. The van der Waals surface area contributed by atoms with Gasteiger partial charge in [-0.2, -0.15) is 13.2 Å². The zero-order valence-electron chi connectivity index (χ0n) is 23.7. The van der Waals surface area contributed by atoms with Crippen molar-refractivity contribution in [3.8, 4) is 5.75 Å². The number of piperazine rings is 1. The maximum Gasteiger partial charge on any atom is 0.416 e. The average Bonchev–Trinajstić information content (AvgIpc) is 2.93. The van der Waals surface area contributed by atoms with Gasteiger partial charge in [-0.05, 0) is 50.8 Å². The van der Waals surface area contributed by atoms with Gasteiger partial charge < -0.3 is 35.2 Å². The van der Waals surface area contributed by atoms with E-state index >= 15 is 0 Å². The highest BCUT2D eigenvalue weighted by Crippen LogP contribution is 2.44. The highest BCUT2D eigenvalue weighted by atomic mass is 19.4. The predicted octanol–water partition coefficient (Wildman–Crippen LogP) is 2.99. The smallest absolute Gasteiger partial charge is 0.416 e. The Morgan fingerprint density at radius 3 is 2.20 bits per heavy atom. The minimum absolute atomic E-state index is 0.00437. The first kappa shape index (κ1) is 32.3. The van der Waals surface area contributed by atoms with Crippen LogP contribution >= 0.6 is 0 Å². The molecule has 238 valence electrons. The maximum absolute atomic E-state index is 13.9. The Balaban J connectivity index is 1.87. The van der Waals surface area contributed by atoms with Gasteiger partial charge in [-0.25, -0.2) is 9.59 Å². The van der Waals surface area contributed by atoms with E-state index in [1.165, 1.54) is 9.80 Å². The van der Waals surface area contributed by atoms with Crippen LogP contribution in [0, 0.1) is 0 Å². The highest BCUT2D eigenvalue weighted by Gasteiger charge is 2.48. The lowest BCUT2D eigenvalue weighted by Gasteiger charge is -2.39. The monoisotopic (exact) mass is 624 g/mol. The van der Waals surface area contributed by atoms with Crippen LogP contribution in [0.2, 0.25) is 0 Å². The van der Waals surface area contributed by atoms with Gasteiger partial charge in [0.25, 0.3) is 5.91 Å². The number of carboxylic acid groups (broad SMARTS) is 2. The first-order valence-electron chi connectivity index (χ1n) is 13.9. The molecular formula is C28H31F3N4O9. The zero-order chi connectivity index (χ0) is 32.4. The number of amides is 3. The van der Waals surface area contributed by atoms with Crippen LogP contribution in [0.4, 0.5) is 18.0 Å². The molecule has 4 rings (SSSR count). The fourth-order valence-electron chi connectivity index (χ4n) is 5.27. The molecule has 0 bridgehead atoms. The molecule has 1 saturated carbocycles. The molecule has 1 saturated heterocycles. The van der Waals surface area contributed by atoms with Crippen LogP contribution in [0.1, 0.15) is 66.6 Å². The molecule has 2 aliphatic rings. The van der Waals surface area contributed by atoms with Crippen LogP contribution < -0.4 is 10.5 Å². The fourth-order valence-corrected chi connectivity index (χ4v) is 5.27. The molecule has 1 unspecified atom stereocenters. The number of fused-ring (bicyclic) bond motifs is 1. The molecule has 2 aromatic rings. The maximum atomic E-state index is 13.9. The second-order valence-corrected chi connectivity index (χ2v) is 10.5. The largest absolute Gasteiger partial charge is 0.481 e.